The van der Waals surface area contributed by atoms with E-state index in [0.717, 1.165) is 38.3 Å². The van der Waals surface area contributed by atoms with Gasteiger partial charge in [0, 0.05) is 15.7 Å². The number of para-hydroxylation sites is 2. The Morgan fingerprint density at radius 2 is 1.86 bits per heavy atom. The van der Waals surface area contributed by atoms with Crippen LogP contribution in [-0.4, -0.2) is 22.6 Å². The van der Waals surface area contributed by atoms with Crippen LogP contribution in [0.3, 0.4) is 0 Å². The van der Waals surface area contributed by atoms with Crippen molar-refractivity contribution in [2.24, 2.45) is 0 Å². The van der Waals surface area contributed by atoms with E-state index in [2.05, 4.69) is 21.2 Å². The quantitative estimate of drug-likeness (QED) is 0.473. The summed E-state index contributed by atoms with van der Waals surface area (Å²) in [5, 5.41) is 2.93. The van der Waals surface area contributed by atoms with Gasteiger partial charge in [0.25, 0.3) is 0 Å². The molecule has 1 amide bonds. The number of anilines is 1. The highest BCUT2D eigenvalue weighted by molar-refractivity contribution is 9.10. The SMILES string of the molecule is COc1ccc(NC(=O)Cn2c(-c3cccc(Br)c3)nc3ccccc32)cc1. The minimum absolute atomic E-state index is 0.121. The maximum atomic E-state index is 12.7. The van der Waals surface area contributed by atoms with Crippen LogP contribution in [0.5, 0.6) is 5.75 Å². The molecular formula is C22H18BrN3O2. The van der Waals surface area contributed by atoms with Gasteiger partial charge in [-0.3, -0.25) is 4.79 Å². The number of halogens is 1. The molecule has 28 heavy (non-hydrogen) atoms. The molecule has 1 heterocycles. The molecule has 5 nitrogen and oxygen atoms in total. The summed E-state index contributed by atoms with van der Waals surface area (Å²) in [5.41, 5.74) is 3.44. The van der Waals surface area contributed by atoms with Crippen molar-refractivity contribution in [3.63, 3.8) is 0 Å². The van der Waals surface area contributed by atoms with Gasteiger partial charge in [0.05, 0.1) is 18.1 Å². The van der Waals surface area contributed by atoms with Crippen molar-refractivity contribution >= 4 is 38.6 Å². The van der Waals surface area contributed by atoms with Gasteiger partial charge in [-0.15, -0.1) is 0 Å². The number of fused-ring (bicyclic) bond motifs is 1. The Bertz CT molecular complexity index is 1140. The first-order valence-corrected chi connectivity index (χ1v) is 9.58. The van der Waals surface area contributed by atoms with Gasteiger partial charge in [-0.1, -0.05) is 40.2 Å². The number of rotatable bonds is 5. The molecule has 0 fully saturated rings. The maximum Gasteiger partial charge on any atom is 0.244 e. The van der Waals surface area contributed by atoms with Crippen molar-refractivity contribution in [3.05, 3.63) is 77.3 Å². The van der Waals surface area contributed by atoms with E-state index in [0.29, 0.717) is 0 Å². The summed E-state index contributed by atoms with van der Waals surface area (Å²) < 4.78 is 8.06. The minimum atomic E-state index is -0.121. The van der Waals surface area contributed by atoms with Crippen molar-refractivity contribution in [3.8, 4) is 17.1 Å². The molecule has 0 radical (unpaired) electrons. The Kier molecular flexibility index (Phi) is 5.12. The van der Waals surface area contributed by atoms with Crippen LogP contribution in [0.25, 0.3) is 22.4 Å². The molecule has 0 aliphatic rings. The van der Waals surface area contributed by atoms with E-state index in [1.165, 1.54) is 0 Å². The van der Waals surface area contributed by atoms with E-state index < -0.39 is 0 Å². The number of aromatic nitrogens is 2. The predicted octanol–water partition coefficient (Wildman–Crippen LogP) is 5.11. The number of carbonyl (C=O) groups is 1. The van der Waals surface area contributed by atoms with Crippen molar-refractivity contribution in [1.29, 1.82) is 0 Å². The Morgan fingerprint density at radius 3 is 2.61 bits per heavy atom. The van der Waals surface area contributed by atoms with Crippen LogP contribution in [0.1, 0.15) is 0 Å². The molecule has 3 aromatic carbocycles. The summed E-state index contributed by atoms with van der Waals surface area (Å²) in [5.74, 6) is 1.38. The maximum absolute atomic E-state index is 12.7. The third kappa shape index (κ3) is 3.77. The molecule has 0 atom stereocenters. The molecule has 6 heteroatoms. The molecule has 4 rings (SSSR count). The average Bonchev–Trinajstić information content (AvgIpc) is 3.07. The Morgan fingerprint density at radius 1 is 1.07 bits per heavy atom. The van der Waals surface area contributed by atoms with Crippen molar-refractivity contribution in [1.82, 2.24) is 9.55 Å². The third-order valence-corrected chi connectivity index (χ3v) is 4.91. The molecule has 0 saturated heterocycles. The average molecular weight is 436 g/mol. The van der Waals surface area contributed by atoms with Crippen molar-refractivity contribution < 1.29 is 9.53 Å². The standard InChI is InChI=1S/C22H18BrN3O2/c1-28-18-11-9-17(10-12-18)24-21(27)14-26-20-8-3-2-7-19(20)25-22(26)15-5-4-6-16(23)13-15/h2-13H,14H2,1H3,(H,24,27). The van der Waals surface area contributed by atoms with Crippen LogP contribution in [-0.2, 0) is 11.3 Å². The topological polar surface area (TPSA) is 56.1 Å². The first kappa shape index (κ1) is 18.3. The molecule has 0 bridgehead atoms. The number of hydrogen-bond acceptors (Lipinski definition) is 3. The van der Waals surface area contributed by atoms with Gasteiger partial charge in [-0.2, -0.15) is 0 Å². The second-order valence-corrected chi connectivity index (χ2v) is 7.21. The summed E-state index contributed by atoms with van der Waals surface area (Å²) in [6, 6.07) is 23.0. The molecule has 1 N–H and O–H groups in total. The second-order valence-electron chi connectivity index (χ2n) is 6.30. The molecular weight excluding hydrogens is 418 g/mol. The lowest BCUT2D eigenvalue weighted by molar-refractivity contribution is -0.116. The second kappa shape index (κ2) is 7.86. The fraction of sp³-hybridized carbons (Fsp3) is 0.0909. The zero-order valence-corrected chi connectivity index (χ0v) is 16.8. The van der Waals surface area contributed by atoms with Crippen LogP contribution in [0.4, 0.5) is 5.69 Å². The Balaban J connectivity index is 1.66. The Hall–Kier alpha value is -3.12. The fourth-order valence-corrected chi connectivity index (χ4v) is 3.50. The molecule has 0 aliphatic carbocycles. The largest absolute Gasteiger partial charge is 0.497 e. The first-order valence-electron chi connectivity index (χ1n) is 8.79. The van der Waals surface area contributed by atoms with Crippen LogP contribution in [0.15, 0.2) is 77.3 Å². The molecule has 0 spiro atoms. The first-order chi connectivity index (χ1) is 13.6. The van der Waals surface area contributed by atoms with E-state index in [9.17, 15) is 4.79 Å². The van der Waals surface area contributed by atoms with Gasteiger partial charge < -0.3 is 14.6 Å². The van der Waals surface area contributed by atoms with Gasteiger partial charge >= 0.3 is 0 Å². The molecule has 0 unspecified atom stereocenters. The monoisotopic (exact) mass is 435 g/mol. The van der Waals surface area contributed by atoms with E-state index in [1.54, 1.807) is 7.11 Å². The highest BCUT2D eigenvalue weighted by atomic mass is 79.9. The summed E-state index contributed by atoms with van der Waals surface area (Å²) in [6.07, 6.45) is 0. The number of ether oxygens (including phenoxy) is 1. The highest BCUT2D eigenvalue weighted by Crippen LogP contribution is 2.27. The fourth-order valence-electron chi connectivity index (χ4n) is 3.10. The molecule has 0 aliphatic heterocycles. The van der Waals surface area contributed by atoms with Crippen LogP contribution in [0, 0.1) is 0 Å². The lowest BCUT2D eigenvalue weighted by Crippen LogP contribution is -2.19. The number of benzene rings is 3. The molecule has 1 aromatic heterocycles. The number of nitrogens with one attached hydrogen (secondary N) is 1. The van der Waals surface area contributed by atoms with Gasteiger partial charge in [0.1, 0.15) is 18.1 Å². The van der Waals surface area contributed by atoms with E-state index in [1.807, 2.05) is 77.4 Å². The number of nitrogens with zero attached hydrogens (tertiary/aromatic N) is 2. The highest BCUT2D eigenvalue weighted by Gasteiger charge is 2.15. The third-order valence-electron chi connectivity index (χ3n) is 4.41. The summed E-state index contributed by atoms with van der Waals surface area (Å²) in [6.45, 7) is 0.161. The number of methoxy groups -OCH3 is 1. The van der Waals surface area contributed by atoms with Gasteiger partial charge in [0.15, 0.2) is 0 Å². The van der Waals surface area contributed by atoms with Crippen molar-refractivity contribution in [2.45, 2.75) is 6.54 Å². The van der Waals surface area contributed by atoms with E-state index in [4.69, 9.17) is 9.72 Å². The summed E-state index contributed by atoms with van der Waals surface area (Å²) in [4.78, 5) is 17.5. The smallest absolute Gasteiger partial charge is 0.244 e. The molecule has 0 saturated carbocycles. The van der Waals surface area contributed by atoms with Crippen LogP contribution >= 0.6 is 15.9 Å². The van der Waals surface area contributed by atoms with E-state index in [-0.39, 0.29) is 12.5 Å². The lowest BCUT2D eigenvalue weighted by Gasteiger charge is -2.11. The number of hydrogen-bond donors (Lipinski definition) is 1. The molecule has 140 valence electrons. The minimum Gasteiger partial charge on any atom is -0.497 e. The van der Waals surface area contributed by atoms with Crippen LogP contribution in [0.2, 0.25) is 0 Å². The summed E-state index contributed by atoms with van der Waals surface area (Å²) >= 11 is 3.51. The van der Waals surface area contributed by atoms with Gasteiger partial charge in [-0.05, 0) is 48.5 Å². The van der Waals surface area contributed by atoms with Crippen LogP contribution < -0.4 is 10.1 Å². The van der Waals surface area contributed by atoms with Crippen molar-refractivity contribution in [2.75, 3.05) is 12.4 Å². The van der Waals surface area contributed by atoms with Gasteiger partial charge in [0.2, 0.25) is 5.91 Å². The number of carbonyl (C=O) groups excluding carboxylic acids is 1. The Labute approximate surface area is 171 Å². The lowest BCUT2D eigenvalue weighted by atomic mass is 10.2. The zero-order valence-electron chi connectivity index (χ0n) is 15.2. The summed E-state index contributed by atoms with van der Waals surface area (Å²) in [7, 11) is 1.61. The zero-order chi connectivity index (χ0) is 19.5. The molecule has 4 aromatic rings. The normalized spacial score (nSPS) is 10.8. The number of amides is 1. The number of imidazole rings is 1. The van der Waals surface area contributed by atoms with E-state index >= 15 is 0 Å². The van der Waals surface area contributed by atoms with Gasteiger partial charge in [-0.25, -0.2) is 4.98 Å². The predicted molar refractivity (Wildman–Crippen MR) is 114 cm³/mol.